The van der Waals surface area contributed by atoms with Crippen LogP contribution in [0.4, 0.5) is 0 Å². The first-order chi connectivity index (χ1) is 7.20. The van der Waals surface area contributed by atoms with Crippen LogP contribution in [-0.4, -0.2) is 44.7 Å². The maximum atomic E-state index is 11.8. The standard InChI is InChI=1S/C11H25NO3S/c1-6-15-9-10(2)12-7-8-16(13,14)11(3,4)5/h10,12H,6-9H2,1-5H3. The topological polar surface area (TPSA) is 55.4 Å². The minimum atomic E-state index is -3.02. The van der Waals surface area contributed by atoms with Crippen molar-refractivity contribution in [2.45, 2.75) is 45.4 Å². The molecule has 0 aliphatic rings. The fourth-order valence-electron chi connectivity index (χ4n) is 1.10. The van der Waals surface area contributed by atoms with E-state index in [1.807, 2.05) is 13.8 Å². The summed E-state index contributed by atoms with van der Waals surface area (Å²) >= 11 is 0. The fraction of sp³-hybridized carbons (Fsp3) is 1.00. The first kappa shape index (κ1) is 15.9. The molecule has 98 valence electrons. The zero-order valence-corrected chi connectivity index (χ0v) is 11.9. The SMILES string of the molecule is CCOCC(C)NCCS(=O)(=O)C(C)(C)C. The minimum Gasteiger partial charge on any atom is -0.380 e. The highest BCUT2D eigenvalue weighted by atomic mass is 32.2. The summed E-state index contributed by atoms with van der Waals surface area (Å²) in [4.78, 5) is 0. The Balaban J connectivity index is 3.91. The normalized spacial score (nSPS) is 15.1. The first-order valence-electron chi connectivity index (χ1n) is 5.74. The Morgan fingerprint density at radius 2 is 1.88 bits per heavy atom. The number of ether oxygens (including phenoxy) is 1. The summed E-state index contributed by atoms with van der Waals surface area (Å²) in [5, 5.41) is 3.14. The Morgan fingerprint density at radius 1 is 1.31 bits per heavy atom. The van der Waals surface area contributed by atoms with E-state index in [1.54, 1.807) is 20.8 Å². The second-order valence-electron chi connectivity index (χ2n) is 4.95. The van der Waals surface area contributed by atoms with Gasteiger partial charge in [-0.25, -0.2) is 8.42 Å². The smallest absolute Gasteiger partial charge is 0.156 e. The van der Waals surface area contributed by atoms with Gasteiger partial charge >= 0.3 is 0 Å². The van der Waals surface area contributed by atoms with Crippen LogP contribution in [0.3, 0.4) is 0 Å². The largest absolute Gasteiger partial charge is 0.380 e. The summed E-state index contributed by atoms with van der Waals surface area (Å²) < 4.78 is 28.1. The lowest BCUT2D eigenvalue weighted by atomic mass is 10.3. The maximum absolute atomic E-state index is 11.8. The van der Waals surface area contributed by atoms with Crippen molar-refractivity contribution in [1.29, 1.82) is 0 Å². The highest BCUT2D eigenvalue weighted by Crippen LogP contribution is 2.15. The van der Waals surface area contributed by atoms with Gasteiger partial charge in [-0.2, -0.15) is 0 Å². The first-order valence-corrected chi connectivity index (χ1v) is 7.39. The monoisotopic (exact) mass is 251 g/mol. The Bertz CT molecular complexity index is 280. The van der Waals surface area contributed by atoms with Crippen molar-refractivity contribution in [3.63, 3.8) is 0 Å². The molecule has 0 aromatic carbocycles. The minimum absolute atomic E-state index is 0.174. The lowest BCUT2D eigenvalue weighted by Gasteiger charge is -2.20. The summed E-state index contributed by atoms with van der Waals surface area (Å²) in [6.07, 6.45) is 0. The van der Waals surface area contributed by atoms with Gasteiger partial charge in [-0.15, -0.1) is 0 Å². The van der Waals surface area contributed by atoms with Crippen LogP contribution in [0.5, 0.6) is 0 Å². The molecule has 0 spiro atoms. The van der Waals surface area contributed by atoms with Gasteiger partial charge in [0.05, 0.1) is 17.1 Å². The third-order valence-electron chi connectivity index (χ3n) is 2.37. The quantitative estimate of drug-likeness (QED) is 0.739. The molecule has 1 atom stereocenters. The Morgan fingerprint density at radius 3 is 2.31 bits per heavy atom. The molecule has 4 nitrogen and oxygen atoms in total. The van der Waals surface area contributed by atoms with Gasteiger partial charge in [-0.1, -0.05) is 0 Å². The Kier molecular flexibility index (Phi) is 6.51. The number of nitrogens with one attached hydrogen (secondary N) is 1. The van der Waals surface area contributed by atoms with Crippen LogP contribution < -0.4 is 5.32 Å². The van der Waals surface area contributed by atoms with Crippen molar-refractivity contribution >= 4 is 9.84 Å². The van der Waals surface area contributed by atoms with Crippen LogP contribution in [0, 0.1) is 0 Å². The third-order valence-corrected chi connectivity index (χ3v) is 4.98. The summed E-state index contributed by atoms with van der Waals surface area (Å²) in [5.41, 5.74) is 0. The van der Waals surface area contributed by atoms with Gasteiger partial charge in [0.15, 0.2) is 9.84 Å². The molecular weight excluding hydrogens is 226 g/mol. The van der Waals surface area contributed by atoms with Crippen LogP contribution in [0.15, 0.2) is 0 Å². The zero-order chi connectivity index (χ0) is 12.8. The van der Waals surface area contributed by atoms with Gasteiger partial charge in [-0.05, 0) is 34.6 Å². The second-order valence-corrected chi connectivity index (χ2v) is 7.81. The van der Waals surface area contributed by atoms with Crippen LogP contribution in [-0.2, 0) is 14.6 Å². The number of sulfone groups is 1. The van der Waals surface area contributed by atoms with Gasteiger partial charge < -0.3 is 10.1 Å². The molecule has 0 saturated carbocycles. The van der Waals surface area contributed by atoms with Gasteiger partial charge in [0.1, 0.15) is 0 Å². The predicted molar refractivity (Wildman–Crippen MR) is 67.5 cm³/mol. The number of hydrogen-bond acceptors (Lipinski definition) is 4. The van der Waals surface area contributed by atoms with Gasteiger partial charge in [0, 0.05) is 19.2 Å². The van der Waals surface area contributed by atoms with Crippen molar-refractivity contribution in [1.82, 2.24) is 5.32 Å². The van der Waals surface area contributed by atoms with Crippen LogP contribution in [0.2, 0.25) is 0 Å². The lowest BCUT2D eigenvalue weighted by Crippen LogP contribution is -2.38. The van der Waals surface area contributed by atoms with E-state index in [0.29, 0.717) is 19.8 Å². The lowest BCUT2D eigenvalue weighted by molar-refractivity contribution is 0.128. The van der Waals surface area contributed by atoms with E-state index >= 15 is 0 Å². The Hall–Kier alpha value is -0.130. The number of hydrogen-bond donors (Lipinski definition) is 1. The molecule has 0 aromatic rings. The third kappa shape index (κ3) is 5.82. The van der Waals surface area contributed by atoms with Crippen molar-refractivity contribution in [3.05, 3.63) is 0 Å². The molecule has 1 N–H and O–H groups in total. The highest BCUT2D eigenvalue weighted by Gasteiger charge is 2.28. The van der Waals surface area contributed by atoms with E-state index in [0.717, 1.165) is 0 Å². The average Bonchev–Trinajstić information content (AvgIpc) is 2.12. The molecule has 5 heteroatoms. The summed E-state index contributed by atoms with van der Waals surface area (Å²) in [7, 11) is -3.02. The molecule has 0 bridgehead atoms. The fourth-order valence-corrected chi connectivity index (χ4v) is 2.10. The summed E-state index contributed by atoms with van der Waals surface area (Å²) in [6.45, 7) is 10.9. The summed E-state index contributed by atoms with van der Waals surface area (Å²) in [5.74, 6) is 0.174. The molecule has 1 unspecified atom stereocenters. The van der Waals surface area contributed by atoms with Gasteiger partial charge in [0.25, 0.3) is 0 Å². The van der Waals surface area contributed by atoms with Crippen LogP contribution in [0.1, 0.15) is 34.6 Å². The predicted octanol–water partition coefficient (Wildman–Crippen LogP) is 1.21. The van der Waals surface area contributed by atoms with E-state index in [1.165, 1.54) is 0 Å². The molecule has 0 radical (unpaired) electrons. The van der Waals surface area contributed by atoms with Gasteiger partial charge in [0.2, 0.25) is 0 Å². The molecule has 0 aliphatic carbocycles. The maximum Gasteiger partial charge on any atom is 0.156 e. The van der Waals surface area contributed by atoms with Crippen molar-refractivity contribution < 1.29 is 13.2 Å². The molecule has 0 saturated heterocycles. The summed E-state index contributed by atoms with van der Waals surface area (Å²) in [6, 6.07) is 0.190. The zero-order valence-electron chi connectivity index (χ0n) is 11.0. The van der Waals surface area contributed by atoms with E-state index in [4.69, 9.17) is 4.74 Å². The molecule has 0 rings (SSSR count). The number of rotatable bonds is 7. The van der Waals surface area contributed by atoms with Crippen molar-refractivity contribution in [2.75, 3.05) is 25.5 Å². The van der Waals surface area contributed by atoms with Crippen LogP contribution >= 0.6 is 0 Å². The Labute approximate surface area is 99.7 Å². The molecule has 0 heterocycles. The van der Waals surface area contributed by atoms with E-state index in [2.05, 4.69) is 5.32 Å². The van der Waals surface area contributed by atoms with Crippen molar-refractivity contribution in [3.8, 4) is 0 Å². The molecule has 16 heavy (non-hydrogen) atoms. The molecule has 0 aromatic heterocycles. The molecule has 0 fully saturated rings. The highest BCUT2D eigenvalue weighted by molar-refractivity contribution is 7.92. The van der Waals surface area contributed by atoms with E-state index < -0.39 is 14.6 Å². The van der Waals surface area contributed by atoms with E-state index in [9.17, 15) is 8.42 Å². The molecular formula is C11H25NO3S. The second kappa shape index (κ2) is 6.57. The molecule has 0 amide bonds. The van der Waals surface area contributed by atoms with Crippen LogP contribution in [0.25, 0.3) is 0 Å². The van der Waals surface area contributed by atoms with Crippen molar-refractivity contribution in [2.24, 2.45) is 0 Å². The average molecular weight is 251 g/mol. The van der Waals surface area contributed by atoms with Gasteiger partial charge in [-0.3, -0.25) is 0 Å². The van der Waals surface area contributed by atoms with E-state index in [-0.39, 0.29) is 11.8 Å². The molecule has 0 aliphatic heterocycles.